The molecule has 0 fully saturated rings. The molecule has 0 bridgehead atoms. The summed E-state index contributed by atoms with van der Waals surface area (Å²) >= 11 is 0. The van der Waals surface area contributed by atoms with E-state index in [0.29, 0.717) is 28.3 Å². The normalized spacial score (nSPS) is 11.5. The van der Waals surface area contributed by atoms with Crippen LogP contribution in [-0.2, 0) is 17.3 Å². The Bertz CT molecular complexity index is 1210. The number of imidazole rings is 1. The Labute approximate surface area is 186 Å². The maximum atomic E-state index is 13.5. The minimum absolute atomic E-state index is 0.0243. The highest BCUT2D eigenvalue weighted by atomic mass is 19.1. The summed E-state index contributed by atoms with van der Waals surface area (Å²) in [6.45, 7) is 8.63. The molecule has 7 nitrogen and oxygen atoms in total. The van der Waals surface area contributed by atoms with Crippen LogP contribution in [0.3, 0.4) is 0 Å². The molecule has 0 unspecified atom stereocenters. The Morgan fingerprint density at radius 3 is 2.47 bits per heavy atom. The standard InChI is InChI=1S/C24H27FN4O3/c1-13-11-16(7-8-17(13)25)28-22(32)20-14(2)19(15(3)29(20)6)21(31)18(30)12-24(4,5)23-26-9-10-27-23/h7-11H,12H2,1-6H3,(H,26,27)(H,28,32). The number of aromatic nitrogens is 3. The van der Waals surface area contributed by atoms with Gasteiger partial charge in [-0.05, 0) is 50.1 Å². The zero-order valence-corrected chi connectivity index (χ0v) is 19.1. The zero-order valence-electron chi connectivity index (χ0n) is 19.1. The largest absolute Gasteiger partial charge is 0.348 e. The molecule has 0 saturated heterocycles. The molecule has 2 N–H and O–H groups in total. The molecule has 0 aliphatic carbocycles. The van der Waals surface area contributed by atoms with E-state index >= 15 is 0 Å². The van der Waals surface area contributed by atoms with Gasteiger partial charge in [0.2, 0.25) is 11.6 Å². The number of nitrogens with one attached hydrogen (secondary N) is 2. The Morgan fingerprint density at radius 2 is 1.88 bits per heavy atom. The van der Waals surface area contributed by atoms with Crippen LogP contribution in [0.5, 0.6) is 0 Å². The van der Waals surface area contributed by atoms with E-state index in [1.54, 1.807) is 44.8 Å². The van der Waals surface area contributed by atoms with E-state index in [4.69, 9.17) is 0 Å². The first-order chi connectivity index (χ1) is 14.9. The fraction of sp³-hybridized carbons (Fsp3) is 0.333. The van der Waals surface area contributed by atoms with Crippen molar-refractivity contribution in [3.05, 3.63) is 70.3 Å². The molecule has 0 spiro atoms. The summed E-state index contributed by atoms with van der Waals surface area (Å²) in [5.74, 6) is -1.37. The van der Waals surface area contributed by atoms with Gasteiger partial charge in [-0.15, -0.1) is 0 Å². The van der Waals surface area contributed by atoms with Crippen LogP contribution in [0.2, 0.25) is 0 Å². The predicted octanol–water partition coefficient (Wildman–Crippen LogP) is 4.18. The number of nitrogens with zero attached hydrogens (tertiary/aromatic N) is 2. The monoisotopic (exact) mass is 438 g/mol. The molecule has 2 heterocycles. The average molecular weight is 439 g/mol. The molecule has 32 heavy (non-hydrogen) atoms. The molecular formula is C24H27FN4O3. The number of aryl methyl sites for hydroxylation is 1. The molecule has 0 aliphatic heterocycles. The van der Waals surface area contributed by atoms with Gasteiger partial charge in [0.25, 0.3) is 5.91 Å². The Kier molecular flexibility index (Phi) is 6.16. The molecular weight excluding hydrogens is 411 g/mol. The lowest BCUT2D eigenvalue weighted by atomic mass is 9.84. The van der Waals surface area contributed by atoms with E-state index in [0.717, 1.165) is 0 Å². The highest BCUT2D eigenvalue weighted by Gasteiger charge is 2.33. The maximum Gasteiger partial charge on any atom is 0.272 e. The Morgan fingerprint density at radius 1 is 1.19 bits per heavy atom. The van der Waals surface area contributed by atoms with E-state index in [9.17, 15) is 18.8 Å². The van der Waals surface area contributed by atoms with Crippen LogP contribution >= 0.6 is 0 Å². The van der Waals surface area contributed by atoms with Gasteiger partial charge in [0, 0.05) is 42.7 Å². The molecule has 1 amide bonds. The number of aromatic amines is 1. The summed E-state index contributed by atoms with van der Waals surface area (Å²) in [7, 11) is 1.67. The number of halogens is 1. The smallest absolute Gasteiger partial charge is 0.272 e. The van der Waals surface area contributed by atoms with Crippen LogP contribution < -0.4 is 5.32 Å². The van der Waals surface area contributed by atoms with Crippen molar-refractivity contribution in [2.75, 3.05) is 5.32 Å². The number of anilines is 1. The van der Waals surface area contributed by atoms with Crippen molar-refractivity contribution in [1.82, 2.24) is 14.5 Å². The zero-order chi connectivity index (χ0) is 23.8. The first-order valence-corrected chi connectivity index (χ1v) is 10.2. The molecule has 0 atom stereocenters. The number of Topliss-reactive ketones (excluding diaryl/α,β-unsaturated/α-hetero) is 2. The molecule has 0 saturated carbocycles. The van der Waals surface area contributed by atoms with Gasteiger partial charge in [-0.3, -0.25) is 14.4 Å². The minimum Gasteiger partial charge on any atom is -0.348 e. The summed E-state index contributed by atoms with van der Waals surface area (Å²) < 4.78 is 15.1. The molecule has 3 rings (SSSR count). The van der Waals surface area contributed by atoms with Crippen LogP contribution in [0, 0.1) is 26.6 Å². The molecule has 2 aromatic heterocycles. The van der Waals surface area contributed by atoms with Gasteiger partial charge in [0.05, 0.1) is 5.56 Å². The number of ketones is 2. The van der Waals surface area contributed by atoms with Crippen molar-refractivity contribution in [1.29, 1.82) is 0 Å². The maximum absolute atomic E-state index is 13.5. The second-order valence-corrected chi connectivity index (χ2v) is 8.66. The number of benzene rings is 1. The molecule has 8 heteroatoms. The van der Waals surface area contributed by atoms with E-state index in [2.05, 4.69) is 15.3 Å². The first-order valence-electron chi connectivity index (χ1n) is 10.2. The van der Waals surface area contributed by atoms with Crippen molar-refractivity contribution in [2.24, 2.45) is 7.05 Å². The number of carbonyl (C=O) groups is 3. The lowest BCUT2D eigenvalue weighted by molar-refractivity contribution is -0.116. The third-order valence-corrected chi connectivity index (χ3v) is 5.78. The number of rotatable bonds is 7. The van der Waals surface area contributed by atoms with E-state index < -0.39 is 22.9 Å². The molecule has 168 valence electrons. The van der Waals surface area contributed by atoms with E-state index in [1.165, 1.54) is 18.2 Å². The van der Waals surface area contributed by atoms with Crippen molar-refractivity contribution in [3.8, 4) is 0 Å². The molecule has 0 radical (unpaired) electrons. The van der Waals surface area contributed by atoms with E-state index in [-0.39, 0.29) is 23.5 Å². The highest BCUT2D eigenvalue weighted by molar-refractivity contribution is 6.44. The fourth-order valence-electron chi connectivity index (χ4n) is 3.89. The van der Waals surface area contributed by atoms with Crippen molar-refractivity contribution in [2.45, 2.75) is 46.5 Å². The third kappa shape index (κ3) is 4.26. The minimum atomic E-state index is -0.645. The van der Waals surface area contributed by atoms with Crippen molar-refractivity contribution >= 4 is 23.2 Å². The average Bonchev–Trinajstić information content (AvgIpc) is 3.32. The number of carbonyl (C=O) groups excluding carboxylic acids is 3. The van der Waals surface area contributed by atoms with Crippen LogP contribution in [0.1, 0.15) is 63.8 Å². The van der Waals surface area contributed by atoms with Crippen LogP contribution in [0.25, 0.3) is 0 Å². The fourth-order valence-corrected chi connectivity index (χ4v) is 3.89. The summed E-state index contributed by atoms with van der Waals surface area (Å²) in [5.41, 5.74) is 1.65. The quantitative estimate of drug-likeness (QED) is 0.427. The first kappa shape index (κ1) is 23.1. The lowest BCUT2D eigenvalue weighted by Gasteiger charge is -2.20. The van der Waals surface area contributed by atoms with Gasteiger partial charge < -0.3 is 14.9 Å². The molecule has 1 aromatic carbocycles. The van der Waals surface area contributed by atoms with Crippen LogP contribution in [0.4, 0.5) is 10.1 Å². The Balaban J connectivity index is 1.87. The number of amides is 1. The van der Waals surface area contributed by atoms with E-state index in [1.807, 2.05) is 13.8 Å². The Hall–Kier alpha value is -3.55. The third-order valence-electron chi connectivity index (χ3n) is 5.78. The second kappa shape index (κ2) is 8.53. The van der Waals surface area contributed by atoms with Gasteiger partial charge >= 0.3 is 0 Å². The van der Waals surface area contributed by atoms with Crippen LogP contribution in [-0.4, -0.2) is 32.0 Å². The predicted molar refractivity (Wildman–Crippen MR) is 120 cm³/mol. The van der Waals surface area contributed by atoms with Gasteiger partial charge in [0.15, 0.2) is 0 Å². The summed E-state index contributed by atoms with van der Waals surface area (Å²) in [6.07, 6.45) is 3.24. The van der Waals surface area contributed by atoms with Crippen LogP contribution in [0.15, 0.2) is 30.6 Å². The molecule has 3 aromatic rings. The number of H-pyrrole nitrogens is 1. The van der Waals surface area contributed by atoms with Gasteiger partial charge in [-0.25, -0.2) is 9.37 Å². The highest BCUT2D eigenvalue weighted by Crippen LogP contribution is 2.28. The van der Waals surface area contributed by atoms with Gasteiger partial charge in [-0.2, -0.15) is 0 Å². The van der Waals surface area contributed by atoms with Gasteiger partial charge in [-0.1, -0.05) is 13.8 Å². The summed E-state index contributed by atoms with van der Waals surface area (Å²) in [5, 5.41) is 2.74. The topological polar surface area (TPSA) is 96.8 Å². The summed E-state index contributed by atoms with van der Waals surface area (Å²) in [6, 6.07) is 4.28. The SMILES string of the molecule is Cc1cc(NC(=O)c2c(C)c(C(=O)C(=O)CC(C)(C)c3ncc[nH]3)c(C)n2C)ccc1F. The number of hydrogen-bond donors (Lipinski definition) is 2. The van der Waals surface area contributed by atoms with Crippen molar-refractivity contribution < 1.29 is 18.8 Å². The van der Waals surface area contributed by atoms with Crippen molar-refractivity contribution in [3.63, 3.8) is 0 Å². The molecule has 0 aliphatic rings. The second-order valence-electron chi connectivity index (χ2n) is 8.66. The summed E-state index contributed by atoms with van der Waals surface area (Å²) in [4.78, 5) is 46.1. The van der Waals surface area contributed by atoms with Gasteiger partial charge in [0.1, 0.15) is 17.3 Å². The lowest BCUT2D eigenvalue weighted by Crippen LogP contribution is -2.28. The number of hydrogen-bond acceptors (Lipinski definition) is 4.